The minimum absolute atomic E-state index is 0.0901. The van der Waals surface area contributed by atoms with Gasteiger partial charge in [-0.1, -0.05) is 18.2 Å². The van der Waals surface area contributed by atoms with Crippen molar-refractivity contribution in [2.75, 3.05) is 11.6 Å². The van der Waals surface area contributed by atoms with E-state index in [9.17, 15) is 14.4 Å². The van der Waals surface area contributed by atoms with Gasteiger partial charge in [0.2, 0.25) is 0 Å². The third kappa shape index (κ3) is 3.25. The lowest BCUT2D eigenvalue weighted by Crippen LogP contribution is -2.21. The lowest BCUT2D eigenvalue weighted by Gasteiger charge is -2.13. The third-order valence-electron chi connectivity index (χ3n) is 2.79. The molecule has 1 aromatic carbocycles. The molecule has 0 unspecified atom stereocenters. The Hall–Kier alpha value is -2.70. The van der Waals surface area contributed by atoms with Gasteiger partial charge >= 0.3 is 12.1 Å². The van der Waals surface area contributed by atoms with Gasteiger partial charge in [0.15, 0.2) is 5.71 Å². The van der Waals surface area contributed by atoms with E-state index in [0.717, 1.165) is 10.6 Å². The quantitative estimate of drug-likeness (QED) is 0.625. The molecule has 110 valence electrons. The maximum Gasteiger partial charge on any atom is 0.516 e. The first-order chi connectivity index (χ1) is 10.0. The molecule has 1 aromatic rings. The summed E-state index contributed by atoms with van der Waals surface area (Å²) in [6, 6.07) is 7.14. The van der Waals surface area contributed by atoms with Crippen LogP contribution in [0, 0.1) is 6.92 Å². The fourth-order valence-electron chi connectivity index (χ4n) is 1.81. The fraction of sp³-hybridized carbons (Fsp3) is 0.286. The highest BCUT2D eigenvalue weighted by Crippen LogP contribution is 2.24. The van der Waals surface area contributed by atoms with Crippen LogP contribution in [0.25, 0.3) is 0 Å². The molecule has 7 nitrogen and oxygen atoms in total. The molecule has 0 atom stereocenters. The first-order valence-electron chi connectivity index (χ1n) is 6.38. The Morgan fingerprint density at radius 3 is 2.71 bits per heavy atom. The molecule has 0 bridgehead atoms. The van der Waals surface area contributed by atoms with Gasteiger partial charge in [0, 0.05) is 0 Å². The van der Waals surface area contributed by atoms with Crippen LogP contribution in [0.5, 0.6) is 0 Å². The molecule has 1 aliphatic rings. The number of esters is 1. The van der Waals surface area contributed by atoms with Crippen LogP contribution in [-0.4, -0.2) is 30.4 Å². The smallest absolute Gasteiger partial charge is 0.434 e. The Kier molecular flexibility index (Phi) is 4.32. The van der Waals surface area contributed by atoms with E-state index in [1.807, 2.05) is 19.1 Å². The number of ether oxygens (including phenoxy) is 2. The molecule has 2 rings (SSSR count). The van der Waals surface area contributed by atoms with Crippen LogP contribution in [0.1, 0.15) is 18.9 Å². The standard InChI is InChI=1S/C14H14N2O5/c1-3-20-14(19)21-13(18)10-8-12(17)16(15-10)11-7-5-4-6-9(11)2/h4-7H,3,8H2,1-2H3. The van der Waals surface area contributed by atoms with E-state index in [2.05, 4.69) is 14.6 Å². The number of benzene rings is 1. The Morgan fingerprint density at radius 1 is 1.33 bits per heavy atom. The Labute approximate surface area is 121 Å². The molecule has 21 heavy (non-hydrogen) atoms. The molecule has 1 aliphatic heterocycles. The number of carbonyl (C=O) groups is 3. The first-order valence-corrected chi connectivity index (χ1v) is 6.38. The summed E-state index contributed by atoms with van der Waals surface area (Å²) >= 11 is 0. The molecule has 0 saturated carbocycles. The van der Waals surface area contributed by atoms with Crippen molar-refractivity contribution in [2.45, 2.75) is 20.3 Å². The van der Waals surface area contributed by atoms with Crippen molar-refractivity contribution in [3.8, 4) is 0 Å². The van der Waals surface area contributed by atoms with Crippen LogP contribution in [0.3, 0.4) is 0 Å². The summed E-state index contributed by atoms with van der Waals surface area (Å²) in [7, 11) is 0. The Balaban J connectivity index is 2.15. The predicted molar refractivity (Wildman–Crippen MR) is 73.8 cm³/mol. The predicted octanol–water partition coefficient (Wildman–Crippen LogP) is 1.79. The third-order valence-corrected chi connectivity index (χ3v) is 2.79. The number of para-hydroxylation sites is 1. The van der Waals surface area contributed by atoms with E-state index < -0.39 is 12.1 Å². The zero-order chi connectivity index (χ0) is 15.4. The molecule has 0 saturated heterocycles. The summed E-state index contributed by atoms with van der Waals surface area (Å²) in [5.41, 5.74) is 1.30. The molecule has 0 aromatic heterocycles. The van der Waals surface area contributed by atoms with Gasteiger partial charge in [-0.15, -0.1) is 0 Å². The van der Waals surface area contributed by atoms with Gasteiger partial charge in [0.1, 0.15) is 0 Å². The number of hydrogen-bond donors (Lipinski definition) is 0. The largest absolute Gasteiger partial charge is 0.516 e. The van der Waals surface area contributed by atoms with Gasteiger partial charge < -0.3 is 9.47 Å². The molecular weight excluding hydrogens is 276 g/mol. The molecule has 7 heteroatoms. The fourth-order valence-corrected chi connectivity index (χ4v) is 1.81. The molecule has 0 aliphatic carbocycles. The second-order valence-electron chi connectivity index (χ2n) is 4.29. The van der Waals surface area contributed by atoms with Crippen LogP contribution in [0.4, 0.5) is 10.5 Å². The number of anilines is 1. The number of nitrogens with zero attached hydrogens (tertiary/aromatic N) is 2. The summed E-state index contributed by atoms with van der Waals surface area (Å²) in [4.78, 5) is 34.7. The molecule has 1 amide bonds. The van der Waals surface area contributed by atoms with Crippen LogP contribution in [-0.2, 0) is 19.1 Å². The van der Waals surface area contributed by atoms with E-state index in [1.165, 1.54) is 0 Å². The molecule has 0 N–H and O–H groups in total. The van der Waals surface area contributed by atoms with E-state index in [-0.39, 0.29) is 24.6 Å². The van der Waals surface area contributed by atoms with Crippen LogP contribution in [0.2, 0.25) is 0 Å². The first kappa shape index (κ1) is 14.7. The minimum Gasteiger partial charge on any atom is -0.434 e. The van der Waals surface area contributed by atoms with Crippen molar-refractivity contribution in [1.82, 2.24) is 0 Å². The number of amides is 1. The van der Waals surface area contributed by atoms with E-state index in [1.54, 1.807) is 19.1 Å². The second-order valence-corrected chi connectivity index (χ2v) is 4.29. The van der Waals surface area contributed by atoms with Crippen LogP contribution in [0.15, 0.2) is 29.4 Å². The van der Waals surface area contributed by atoms with Gasteiger partial charge in [-0.2, -0.15) is 10.1 Å². The normalized spacial score (nSPS) is 13.9. The minimum atomic E-state index is -1.10. The van der Waals surface area contributed by atoms with Gasteiger partial charge in [-0.05, 0) is 25.5 Å². The number of aryl methyl sites for hydroxylation is 1. The number of carbonyl (C=O) groups excluding carboxylic acids is 3. The molecule has 1 heterocycles. The zero-order valence-corrected chi connectivity index (χ0v) is 11.7. The summed E-state index contributed by atoms with van der Waals surface area (Å²) in [5.74, 6) is -1.34. The van der Waals surface area contributed by atoms with Crippen molar-refractivity contribution in [2.24, 2.45) is 5.10 Å². The number of rotatable bonds is 3. The van der Waals surface area contributed by atoms with Crippen molar-refractivity contribution < 1.29 is 23.9 Å². The van der Waals surface area contributed by atoms with Gasteiger partial charge in [-0.25, -0.2) is 9.59 Å². The van der Waals surface area contributed by atoms with Crippen molar-refractivity contribution >= 4 is 29.4 Å². The molecule has 0 fully saturated rings. The van der Waals surface area contributed by atoms with E-state index >= 15 is 0 Å². The maximum absolute atomic E-state index is 11.9. The molecular formula is C14H14N2O5. The molecule has 0 spiro atoms. The topological polar surface area (TPSA) is 85.3 Å². The molecule has 0 radical (unpaired) electrons. The Bertz CT molecular complexity index is 624. The van der Waals surface area contributed by atoms with Crippen LogP contribution < -0.4 is 5.01 Å². The SMILES string of the molecule is CCOC(=O)OC(=O)C1=NN(c2ccccc2C)C(=O)C1. The highest BCUT2D eigenvalue weighted by Gasteiger charge is 2.32. The second kappa shape index (κ2) is 6.17. The number of hydrazone groups is 1. The van der Waals surface area contributed by atoms with E-state index in [4.69, 9.17) is 0 Å². The monoisotopic (exact) mass is 290 g/mol. The zero-order valence-electron chi connectivity index (χ0n) is 11.7. The Morgan fingerprint density at radius 2 is 2.05 bits per heavy atom. The average molecular weight is 290 g/mol. The van der Waals surface area contributed by atoms with Crippen molar-refractivity contribution in [3.05, 3.63) is 29.8 Å². The lowest BCUT2D eigenvalue weighted by atomic mass is 10.2. The lowest BCUT2D eigenvalue weighted by molar-refractivity contribution is -0.132. The van der Waals surface area contributed by atoms with Gasteiger partial charge in [-0.3, -0.25) is 4.79 Å². The van der Waals surface area contributed by atoms with Crippen molar-refractivity contribution in [3.63, 3.8) is 0 Å². The summed E-state index contributed by atoms with van der Waals surface area (Å²) in [6.45, 7) is 3.50. The van der Waals surface area contributed by atoms with Gasteiger partial charge in [0.05, 0.1) is 18.7 Å². The van der Waals surface area contributed by atoms with Crippen molar-refractivity contribution in [1.29, 1.82) is 0 Å². The summed E-state index contributed by atoms with van der Waals surface area (Å²) < 4.78 is 8.92. The average Bonchev–Trinajstić information content (AvgIpc) is 2.81. The number of hydrogen-bond acceptors (Lipinski definition) is 6. The highest BCUT2D eigenvalue weighted by molar-refractivity contribution is 6.43. The maximum atomic E-state index is 11.9. The highest BCUT2D eigenvalue weighted by atomic mass is 16.7. The summed E-state index contributed by atoms with van der Waals surface area (Å²) in [6.07, 6.45) is -1.32. The summed E-state index contributed by atoms with van der Waals surface area (Å²) in [5, 5.41) is 5.07. The van der Waals surface area contributed by atoms with E-state index in [0.29, 0.717) is 5.69 Å². The van der Waals surface area contributed by atoms with Gasteiger partial charge in [0.25, 0.3) is 5.91 Å². The van der Waals surface area contributed by atoms with Crippen LogP contribution >= 0.6 is 0 Å².